The number of benzene rings is 1. The summed E-state index contributed by atoms with van der Waals surface area (Å²) in [5.41, 5.74) is 0.775. The number of fused-ring (bicyclic) bond motifs is 1. The van der Waals surface area contributed by atoms with Gasteiger partial charge in [0.25, 0.3) is 5.91 Å². The summed E-state index contributed by atoms with van der Waals surface area (Å²) in [6, 6.07) is 9.21. The number of aromatic nitrogens is 2. The van der Waals surface area contributed by atoms with Crippen LogP contribution in [0.25, 0.3) is 10.3 Å². The number of rotatable bonds is 3. The van der Waals surface area contributed by atoms with Crippen molar-refractivity contribution in [3.63, 3.8) is 0 Å². The number of likely N-dealkylation sites (tertiary alicyclic amines) is 1. The van der Waals surface area contributed by atoms with Gasteiger partial charge in [0.15, 0.2) is 0 Å². The molecule has 1 aromatic carbocycles. The summed E-state index contributed by atoms with van der Waals surface area (Å²) < 4.78 is 5.98. The zero-order valence-electron chi connectivity index (χ0n) is 13.4. The fourth-order valence-electron chi connectivity index (χ4n) is 2.92. The molecular weight excluding hydrogens is 358 g/mol. The highest BCUT2D eigenvalue weighted by Gasteiger charge is 2.26. The lowest BCUT2D eigenvalue weighted by Crippen LogP contribution is -2.41. The van der Waals surface area contributed by atoms with Crippen molar-refractivity contribution in [2.24, 2.45) is 0 Å². The Morgan fingerprint density at radius 1 is 1.16 bits per heavy atom. The molecule has 7 heteroatoms. The summed E-state index contributed by atoms with van der Waals surface area (Å²) >= 11 is 7.28. The number of amides is 1. The second kappa shape index (κ2) is 6.98. The lowest BCUT2D eigenvalue weighted by molar-refractivity contribution is 0.0600. The molecule has 0 unspecified atom stereocenters. The molecule has 0 atom stereocenters. The van der Waals surface area contributed by atoms with Crippen LogP contribution in [0.4, 0.5) is 0 Å². The minimum absolute atomic E-state index is 0.0507. The number of hydrogen-bond donors (Lipinski definition) is 0. The van der Waals surface area contributed by atoms with Crippen molar-refractivity contribution in [3.8, 4) is 5.75 Å². The molecule has 0 spiro atoms. The van der Waals surface area contributed by atoms with Gasteiger partial charge in [-0.3, -0.25) is 9.78 Å². The van der Waals surface area contributed by atoms with E-state index in [0.717, 1.165) is 28.9 Å². The number of ether oxygens (including phenoxy) is 1. The number of piperidine rings is 1. The number of carbonyl (C=O) groups is 1. The summed E-state index contributed by atoms with van der Waals surface area (Å²) in [7, 11) is 0. The molecular formula is C18H16ClN3O2S. The minimum Gasteiger partial charge on any atom is -0.490 e. The van der Waals surface area contributed by atoms with Gasteiger partial charge in [-0.25, -0.2) is 4.98 Å². The van der Waals surface area contributed by atoms with E-state index in [4.69, 9.17) is 16.3 Å². The predicted octanol–water partition coefficient (Wildman–Crippen LogP) is 4.03. The fraction of sp³-hybridized carbons (Fsp3) is 0.278. The summed E-state index contributed by atoms with van der Waals surface area (Å²) in [4.78, 5) is 24.6. The van der Waals surface area contributed by atoms with Gasteiger partial charge in [0.1, 0.15) is 22.2 Å². The van der Waals surface area contributed by atoms with E-state index in [2.05, 4.69) is 9.97 Å². The molecule has 4 rings (SSSR count). The Hall–Kier alpha value is -2.18. The molecule has 1 aliphatic rings. The molecule has 25 heavy (non-hydrogen) atoms. The van der Waals surface area contributed by atoms with E-state index in [1.54, 1.807) is 12.4 Å². The molecule has 5 nitrogen and oxygen atoms in total. The largest absolute Gasteiger partial charge is 0.490 e. The van der Waals surface area contributed by atoms with Crippen LogP contribution in [0.15, 0.2) is 42.7 Å². The van der Waals surface area contributed by atoms with E-state index in [0.29, 0.717) is 23.0 Å². The topological polar surface area (TPSA) is 55.3 Å². The second-order valence-corrected chi connectivity index (χ2v) is 7.39. The molecule has 1 amide bonds. The van der Waals surface area contributed by atoms with Crippen LogP contribution in [0.5, 0.6) is 5.75 Å². The first-order chi connectivity index (χ1) is 12.2. The SMILES string of the molecule is O=C(c1cc2nccnc2s1)N1CCC(Oc2ccc(Cl)cc2)CC1. The molecule has 128 valence electrons. The van der Waals surface area contributed by atoms with Crippen molar-refractivity contribution in [1.29, 1.82) is 0 Å². The van der Waals surface area contributed by atoms with Gasteiger partial charge in [-0.15, -0.1) is 11.3 Å². The van der Waals surface area contributed by atoms with Crippen LogP contribution < -0.4 is 4.74 Å². The summed E-state index contributed by atoms with van der Waals surface area (Å²) in [6.07, 6.45) is 5.04. The Morgan fingerprint density at radius 3 is 2.60 bits per heavy atom. The van der Waals surface area contributed by atoms with E-state index in [1.807, 2.05) is 35.2 Å². The minimum atomic E-state index is 0.0507. The Balaban J connectivity index is 1.37. The highest BCUT2D eigenvalue weighted by molar-refractivity contribution is 7.20. The van der Waals surface area contributed by atoms with Gasteiger partial charge in [-0.1, -0.05) is 11.6 Å². The lowest BCUT2D eigenvalue weighted by atomic mass is 10.1. The van der Waals surface area contributed by atoms with Gasteiger partial charge >= 0.3 is 0 Å². The Kier molecular flexibility index (Phi) is 4.55. The van der Waals surface area contributed by atoms with Crippen molar-refractivity contribution in [1.82, 2.24) is 14.9 Å². The van der Waals surface area contributed by atoms with Gasteiger partial charge in [0, 0.05) is 43.3 Å². The smallest absolute Gasteiger partial charge is 0.264 e. The third-order valence-corrected chi connectivity index (χ3v) is 5.49. The average molecular weight is 374 g/mol. The monoisotopic (exact) mass is 373 g/mol. The molecule has 1 aliphatic heterocycles. The summed E-state index contributed by atoms with van der Waals surface area (Å²) in [5.74, 6) is 0.866. The van der Waals surface area contributed by atoms with E-state index >= 15 is 0 Å². The predicted molar refractivity (Wildman–Crippen MR) is 98.4 cm³/mol. The van der Waals surface area contributed by atoms with Gasteiger partial charge in [0.05, 0.1) is 4.88 Å². The number of halogens is 1. The highest BCUT2D eigenvalue weighted by atomic mass is 35.5. The third-order valence-electron chi connectivity index (χ3n) is 4.22. The first-order valence-electron chi connectivity index (χ1n) is 8.11. The first kappa shape index (κ1) is 16.3. The fourth-order valence-corrected chi connectivity index (χ4v) is 3.97. The number of hydrogen-bond acceptors (Lipinski definition) is 5. The van der Waals surface area contributed by atoms with Gasteiger partial charge in [-0.05, 0) is 30.3 Å². The molecule has 3 heterocycles. The number of nitrogens with zero attached hydrogens (tertiary/aromatic N) is 3. The molecule has 2 aromatic heterocycles. The van der Waals surface area contributed by atoms with Crippen LogP contribution in [0.2, 0.25) is 5.02 Å². The van der Waals surface area contributed by atoms with E-state index in [9.17, 15) is 4.79 Å². The van der Waals surface area contributed by atoms with Crippen LogP contribution in [0.3, 0.4) is 0 Å². The zero-order valence-corrected chi connectivity index (χ0v) is 15.0. The normalized spacial score (nSPS) is 15.5. The molecule has 1 fully saturated rings. The maximum atomic E-state index is 12.7. The van der Waals surface area contributed by atoms with E-state index < -0.39 is 0 Å². The Bertz CT molecular complexity index is 856. The molecule has 0 bridgehead atoms. The third kappa shape index (κ3) is 3.60. The van der Waals surface area contributed by atoms with Crippen molar-refractivity contribution in [2.75, 3.05) is 13.1 Å². The zero-order chi connectivity index (χ0) is 17.2. The molecule has 0 saturated carbocycles. The van der Waals surface area contributed by atoms with Crippen molar-refractivity contribution < 1.29 is 9.53 Å². The Morgan fingerprint density at radius 2 is 1.88 bits per heavy atom. The van der Waals surface area contributed by atoms with Crippen LogP contribution in [-0.4, -0.2) is 40.0 Å². The van der Waals surface area contributed by atoms with E-state index in [1.165, 1.54) is 11.3 Å². The van der Waals surface area contributed by atoms with E-state index in [-0.39, 0.29) is 12.0 Å². The van der Waals surface area contributed by atoms with Gasteiger partial charge in [-0.2, -0.15) is 0 Å². The molecule has 0 aliphatic carbocycles. The molecule has 1 saturated heterocycles. The van der Waals surface area contributed by atoms with Gasteiger partial charge in [0.2, 0.25) is 0 Å². The van der Waals surface area contributed by atoms with Crippen LogP contribution >= 0.6 is 22.9 Å². The lowest BCUT2D eigenvalue weighted by Gasteiger charge is -2.32. The maximum Gasteiger partial charge on any atom is 0.264 e. The van der Waals surface area contributed by atoms with Crippen LogP contribution in [0.1, 0.15) is 22.5 Å². The Labute approximate surface area is 154 Å². The van der Waals surface area contributed by atoms with Crippen molar-refractivity contribution >= 4 is 39.2 Å². The number of thiophene rings is 1. The summed E-state index contributed by atoms with van der Waals surface area (Å²) in [6.45, 7) is 1.37. The summed E-state index contributed by atoms with van der Waals surface area (Å²) in [5, 5.41) is 0.695. The average Bonchev–Trinajstić information content (AvgIpc) is 3.08. The van der Waals surface area contributed by atoms with Crippen LogP contribution in [-0.2, 0) is 0 Å². The number of carbonyl (C=O) groups excluding carboxylic acids is 1. The second-order valence-electron chi connectivity index (χ2n) is 5.92. The molecule has 3 aromatic rings. The molecule has 0 radical (unpaired) electrons. The van der Waals surface area contributed by atoms with Gasteiger partial charge < -0.3 is 9.64 Å². The van der Waals surface area contributed by atoms with Crippen molar-refractivity contribution in [2.45, 2.75) is 18.9 Å². The maximum absolute atomic E-state index is 12.7. The standard InChI is InChI=1S/C18H16ClN3O2S/c19-12-1-3-13(4-2-12)24-14-5-9-22(10-6-14)18(23)16-11-15-17(25-16)21-8-7-20-15/h1-4,7-8,11,14H,5-6,9-10H2. The highest BCUT2D eigenvalue weighted by Crippen LogP contribution is 2.25. The quantitative estimate of drug-likeness (QED) is 0.695. The molecule has 0 N–H and O–H groups in total. The van der Waals surface area contributed by atoms with Crippen LogP contribution in [0, 0.1) is 0 Å². The van der Waals surface area contributed by atoms with Crippen molar-refractivity contribution in [3.05, 3.63) is 52.6 Å². The first-order valence-corrected chi connectivity index (χ1v) is 9.30.